The molecule has 1 heterocycles. The molecule has 1 N–H and O–H groups in total. The number of nitrogens with one attached hydrogen (secondary N) is 1. The molecule has 1 aliphatic heterocycles. The first-order valence-corrected chi connectivity index (χ1v) is 5.50. The summed E-state index contributed by atoms with van der Waals surface area (Å²) in [4.78, 5) is 0. The molecule has 0 bridgehead atoms. The van der Waals surface area contributed by atoms with Gasteiger partial charge >= 0.3 is 0 Å². The van der Waals surface area contributed by atoms with Crippen LogP contribution in [0.1, 0.15) is 0 Å². The minimum atomic E-state index is 0.742. The standard InChI is InChI=1S/C8H7BrINO/c9-6-3-5(10)4-7-8(6)12-2-1-11-7/h3-4,11H,1-2H2. The Morgan fingerprint density at radius 3 is 3.17 bits per heavy atom. The van der Waals surface area contributed by atoms with Gasteiger partial charge in [-0.05, 0) is 50.7 Å². The molecule has 0 aromatic heterocycles. The van der Waals surface area contributed by atoms with Gasteiger partial charge < -0.3 is 10.1 Å². The Balaban J connectivity index is 2.53. The predicted molar refractivity (Wildman–Crippen MR) is 60.8 cm³/mol. The van der Waals surface area contributed by atoms with E-state index in [1.54, 1.807) is 0 Å². The number of hydrogen-bond acceptors (Lipinski definition) is 2. The number of anilines is 1. The van der Waals surface area contributed by atoms with Crippen LogP contribution in [0.2, 0.25) is 0 Å². The molecule has 1 aromatic carbocycles. The molecule has 1 aromatic rings. The van der Waals surface area contributed by atoms with E-state index in [1.807, 2.05) is 6.07 Å². The minimum Gasteiger partial charge on any atom is -0.488 e. The van der Waals surface area contributed by atoms with Crippen LogP contribution >= 0.6 is 38.5 Å². The first-order valence-electron chi connectivity index (χ1n) is 3.63. The van der Waals surface area contributed by atoms with Gasteiger partial charge in [0.2, 0.25) is 0 Å². The van der Waals surface area contributed by atoms with Gasteiger partial charge in [0.1, 0.15) is 6.61 Å². The Morgan fingerprint density at radius 1 is 1.50 bits per heavy atom. The lowest BCUT2D eigenvalue weighted by Crippen LogP contribution is -2.18. The number of benzene rings is 1. The van der Waals surface area contributed by atoms with E-state index in [2.05, 4.69) is 49.9 Å². The summed E-state index contributed by atoms with van der Waals surface area (Å²) < 4.78 is 7.73. The molecule has 0 amide bonds. The average Bonchev–Trinajstić information content (AvgIpc) is 2.04. The molecule has 2 rings (SSSR count). The Kier molecular flexibility index (Phi) is 2.45. The molecular formula is C8H7BrINO. The molecule has 0 unspecified atom stereocenters. The van der Waals surface area contributed by atoms with Gasteiger partial charge in [-0.1, -0.05) is 0 Å². The molecule has 0 spiro atoms. The van der Waals surface area contributed by atoms with Crippen LogP contribution in [0.15, 0.2) is 16.6 Å². The highest BCUT2D eigenvalue weighted by atomic mass is 127. The van der Waals surface area contributed by atoms with Gasteiger partial charge in [0, 0.05) is 10.1 Å². The number of fused-ring (bicyclic) bond motifs is 1. The van der Waals surface area contributed by atoms with Crippen LogP contribution in [0.5, 0.6) is 5.75 Å². The Bertz CT molecular complexity index is 316. The second-order valence-electron chi connectivity index (χ2n) is 2.54. The van der Waals surface area contributed by atoms with Gasteiger partial charge in [0.05, 0.1) is 10.2 Å². The highest BCUT2D eigenvalue weighted by Crippen LogP contribution is 2.36. The van der Waals surface area contributed by atoms with E-state index in [4.69, 9.17) is 4.74 Å². The van der Waals surface area contributed by atoms with Crippen LogP contribution in [-0.4, -0.2) is 13.2 Å². The molecule has 0 radical (unpaired) electrons. The van der Waals surface area contributed by atoms with Crippen molar-refractivity contribution in [2.75, 3.05) is 18.5 Å². The van der Waals surface area contributed by atoms with Gasteiger partial charge in [0.25, 0.3) is 0 Å². The number of hydrogen-bond donors (Lipinski definition) is 1. The molecule has 0 saturated heterocycles. The summed E-state index contributed by atoms with van der Waals surface area (Å²) in [6.45, 7) is 1.63. The Labute approximate surface area is 92.9 Å². The van der Waals surface area contributed by atoms with E-state index in [0.29, 0.717) is 0 Å². The highest BCUT2D eigenvalue weighted by molar-refractivity contribution is 14.1. The number of halogens is 2. The summed E-state index contributed by atoms with van der Waals surface area (Å²) in [5.74, 6) is 0.932. The number of ether oxygens (including phenoxy) is 1. The van der Waals surface area contributed by atoms with Crippen molar-refractivity contribution in [3.63, 3.8) is 0 Å². The van der Waals surface area contributed by atoms with Crippen molar-refractivity contribution in [1.29, 1.82) is 0 Å². The molecule has 12 heavy (non-hydrogen) atoms. The lowest BCUT2D eigenvalue weighted by molar-refractivity contribution is 0.321. The third kappa shape index (κ3) is 1.54. The van der Waals surface area contributed by atoms with Crippen molar-refractivity contribution in [3.05, 3.63) is 20.2 Å². The zero-order chi connectivity index (χ0) is 8.55. The van der Waals surface area contributed by atoms with E-state index in [1.165, 1.54) is 3.57 Å². The van der Waals surface area contributed by atoms with E-state index in [9.17, 15) is 0 Å². The van der Waals surface area contributed by atoms with Gasteiger partial charge in [0.15, 0.2) is 5.75 Å². The van der Waals surface area contributed by atoms with E-state index in [-0.39, 0.29) is 0 Å². The zero-order valence-electron chi connectivity index (χ0n) is 6.23. The SMILES string of the molecule is Brc1cc(I)cc2c1OCCN2. The molecule has 1 aliphatic rings. The molecule has 0 aliphatic carbocycles. The summed E-state index contributed by atoms with van der Waals surface area (Å²) in [6, 6.07) is 4.13. The maximum atomic E-state index is 5.50. The minimum absolute atomic E-state index is 0.742. The first kappa shape index (κ1) is 8.62. The van der Waals surface area contributed by atoms with E-state index in [0.717, 1.165) is 29.1 Å². The van der Waals surface area contributed by atoms with Crippen molar-refractivity contribution in [1.82, 2.24) is 0 Å². The zero-order valence-corrected chi connectivity index (χ0v) is 9.98. The third-order valence-electron chi connectivity index (χ3n) is 1.67. The van der Waals surface area contributed by atoms with Crippen molar-refractivity contribution < 1.29 is 4.74 Å². The van der Waals surface area contributed by atoms with Crippen molar-refractivity contribution in [3.8, 4) is 5.75 Å². The fraction of sp³-hybridized carbons (Fsp3) is 0.250. The van der Waals surface area contributed by atoms with Gasteiger partial charge in [-0.3, -0.25) is 0 Å². The van der Waals surface area contributed by atoms with Crippen molar-refractivity contribution in [2.45, 2.75) is 0 Å². The summed E-state index contributed by atoms with van der Waals surface area (Å²) in [6.07, 6.45) is 0. The molecular weight excluding hydrogens is 333 g/mol. The third-order valence-corrected chi connectivity index (χ3v) is 2.88. The first-order chi connectivity index (χ1) is 5.77. The maximum Gasteiger partial charge on any atom is 0.156 e. The molecule has 2 nitrogen and oxygen atoms in total. The quantitative estimate of drug-likeness (QED) is 0.734. The lowest BCUT2D eigenvalue weighted by atomic mass is 10.2. The van der Waals surface area contributed by atoms with Crippen molar-refractivity contribution in [2.24, 2.45) is 0 Å². The summed E-state index contributed by atoms with van der Waals surface area (Å²) in [5.41, 5.74) is 1.08. The summed E-state index contributed by atoms with van der Waals surface area (Å²) in [5, 5.41) is 3.28. The Hall–Kier alpha value is 0.0300. The van der Waals surface area contributed by atoms with Crippen LogP contribution < -0.4 is 10.1 Å². The maximum absolute atomic E-state index is 5.50. The summed E-state index contributed by atoms with van der Waals surface area (Å²) >= 11 is 5.75. The van der Waals surface area contributed by atoms with Gasteiger partial charge in [-0.2, -0.15) is 0 Å². The van der Waals surface area contributed by atoms with Gasteiger partial charge in [-0.25, -0.2) is 0 Å². The van der Waals surface area contributed by atoms with E-state index < -0.39 is 0 Å². The second kappa shape index (κ2) is 3.41. The smallest absolute Gasteiger partial charge is 0.156 e. The van der Waals surface area contributed by atoms with Crippen LogP contribution in [0.3, 0.4) is 0 Å². The largest absolute Gasteiger partial charge is 0.488 e. The summed E-state index contributed by atoms with van der Waals surface area (Å²) in [7, 11) is 0. The highest BCUT2D eigenvalue weighted by Gasteiger charge is 2.13. The fourth-order valence-electron chi connectivity index (χ4n) is 1.18. The van der Waals surface area contributed by atoms with Gasteiger partial charge in [-0.15, -0.1) is 0 Å². The predicted octanol–water partition coefficient (Wildman–Crippen LogP) is 2.86. The van der Waals surface area contributed by atoms with Crippen molar-refractivity contribution >= 4 is 44.2 Å². The van der Waals surface area contributed by atoms with Crippen LogP contribution in [-0.2, 0) is 0 Å². The monoisotopic (exact) mass is 339 g/mol. The lowest BCUT2D eigenvalue weighted by Gasteiger charge is -2.20. The Morgan fingerprint density at radius 2 is 2.33 bits per heavy atom. The fourth-order valence-corrected chi connectivity index (χ4v) is 2.80. The molecule has 0 fully saturated rings. The molecule has 64 valence electrons. The van der Waals surface area contributed by atoms with Crippen LogP contribution in [0.25, 0.3) is 0 Å². The second-order valence-corrected chi connectivity index (χ2v) is 4.64. The molecule has 0 saturated carbocycles. The van der Waals surface area contributed by atoms with Crippen LogP contribution in [0, 0.1) is 3.57 Å². The average molecular weight is 340 g/mol. The van der Waals surface area contributed by atoms with Crippen LogP contribution in [0.4, 0.5) is 5.69 Å². The topological polar surface area (TPSA) is 21.3 Å². The number of rotatable bonds is 0. The van der Waals surface area contributed by atoms with E-state index >= 15 is 0 Å². The molecule has 4 heteroatoms. The normalized spacial score (nSPS) is 14.5. The molecule has 0 atom stereocenters.